The van der Waals surface area contributed by atoms with Gasteiger partial charge in [0.1, 0.15) is 17.2 Å². The number of carbonyl (C=O) groups is 1. The zero-order valence-electron chi connectivity index (χ0n) is 24.1. The second kappa shape index (κ2) is 13.2. The number of anilines is 3. The quantitative estimate of drug-likeness (QED) is 0.219. The molecule has 43 heavy (non-hydrogen) atoms. The van der Waals surface area contributed by atoms with Gasteiger partial charge in [0, 0.05) is 44.0 Å². The number of aliphatic hydroxyl groups is 1. The molecule has 0 bridgehead atoms. The zero-order valence-corrected chi connectivity index (χ0v) is 24.8. The van der Waals surface area contributed by atoms with Gasteiger partial charge in [-0.25, -0.2) is 0 Å². The highest BCUT2D eigenvalue weighted by Crippen LogP contribution is 2.34. The number of morpholine rings is 1. The molecular formula is C31H36ClN7O4. The van der Waals surface area contributed by atoms with Crippen molar-refractivity contribution < 1.29 is 19.4 Å². The summed E-state index contributed by atoms with van der Waals surface area (Å²) in [7, 11) is 1.57. The number of likely N-dealkylation sites (tertiary alicyclic amines) is 1. The molecule has 2 aliphatic heterocycles. The van der Waals surface area contributed by atoms with E-state index in [0.29, 0.717) is 50.9 Å². The topological polar surface area (TPSA) is 128 Å². The average molecular weight is 606 g/mol. The van der Waals surface area contributed by atoms with Crippen molar-refractivity contribution in [1.29, 1.82) is 0 Å². The number of nitrogens with one attached hydrogen (secondary N) is 3. The molecule has 2 fully saturated rings. The molecule has 4 aromatic rings. The lowest BCUT2D eigenvalue weighted by atomic mass is 10.0. The predicted molar refractivity (Wildman–Crippen MR) is 166 cm³/mol. The third-order valence-electron chi connectivity index (χ3n) is 8.19. The van der Waals surface area contributed by atoms with E-state index in [1.54, 1.807) is 31.5 Å². The molecule has 0 unspecified atom stereocenters. The first-order valence-electron chi connectivity index (χ1n) is 14.6. The molecule has 2 aromatic carbocycles. The summed E-state index contributed by atoms with van der Waals surface area (Å²) >= 11 is 6.47. The molecule has 0 radical (unpaired) electrons. The van der Waals surface area contributed by atoms with Gasteiger partial charge in [-0.1, -0.05) is 41.9 Å². The zero-order chi connectivity index (χ0) is 29.8. The third-order valence-corrected chi connectivity index (χ3v) is 8.49. The van der Waals surface area contributed by atoms with Gasteiger partial charge in [-0.3, -0.25) is 9.69 Å². The molecular weight excluding hydrogens is 570 g/mol. The Balaban J connectivity index is 1.19. The molecule has 1 amide bonds. The molecule has 11 nitrogen and oxygen atoms in total. The van der Waals surface area contributed by atoms with Gasteiger partial charge in [0.25, 0.3) is 5.91 Å². The van der Waals surface area contributed by atoms with E-state index in [1.165, 1.54) is 0 Å². The fourth-order valence-electron chi connectivity index (χ4n) is 5.85. The summed E-state index contributed by atoms with van der Waals surface area (Å²) in [5.41, 5.74) is 2.61. The van der Waals surface area contributed by atoms with Crippen molar-refractivity contribution in [2.45, 2.75) is 24.9 Å². The Morgan fingerprint density at radius 1 is 1.14 bits per heavy atom. The average Bonchev–Trinajstić information content (AvgIpc) is 3.44. The van der Waals surface area contributed by atoms with Gasteiger partial charge >= 0.3 is 0 Å². The van der Waals surface area contributed by atoms with Crippen molar-refractivity contribution in [1.82, 2.24) is 24.8 Å². The summed E-state index contributed by atoms with van der Waals surface area (Å²) in [5, 5.41) is 17.8. The number of hydrogen-bond donors (Lipinski definition) is 4. The third kappa shape index (κ3) is 6.40. The second-order valence-electron chi connectivity index (χ2n) is 10.8. The molecule has 6 rings (SSSR count). The van der Waals surface area contributed by atoms with E-state index in [-0.39, 0.29) is 12.5 Å². The molecule has 226 valence electrons. The van der Waals surface area contributed by atoms with Gasteiger partial charge in [0.2, 0.25) is 5.95 Å². The van der Waals surface area contributed by atoms with Gasteiger partial charge < -0.3 is 35.1 Å². The number of fused-ring (bicyclic) bond motifs is 1. The SMILES string of the molecule is COc1cc(C(=O)N2CCC(N3CCOCC3)CC2)ccc1Nc1nc(N[C@@H](CO)c2ccccc2)c2c(Cl)c[nH]c2n1. The van der Waals surface area contributed by atoms with Crippen molar-refractivity contribution in [2.24, 2.45) is 0 Å². The number of ether oxygens (including phenoxy) is 2. The van der Waals surface area contributed by atoms with E-state index >= 15 is 0 Å². The fraction of sp³-hybridized carbons (Fsp3) is 0.387. The van der Waals surface area contributed by atoms with Crippen LogP contribution in [0.1, 0.15) is 34.8 Å². The van der Waals surface area contributed by atoms with Crippen LogP contribution in [0.5, 0.6) is 5.75 Å². The Labute approximate surface area is 255 Å². The fourth-order valence-corrected chi connectivity index (χ4v) is 6.08. The molecule has 0 saturated carbocycles. The summed E-state index contributed by atoms with van der Waals surface area (Å²) in [6.45, 7) is 4.80. The van der Waals surface area contributed by atoms with E-state index in [2.05, 4.69) is 25.5 Å². The number of rotatable bonds is 9. The first-order valence-corrected chi connectivity index (χ1v) is 14.9. The van der Waals surface area contributed by atoms with E-state index < -0.39 is 6.04 Å². The lowest BCUT2D eigenvalue weighted by molar-refractivity contribution is 0.00159. The van der Waals surface area contributed by atoms with Crippen LogP contribution in [0.2, 0.25) is 5.02 Å². The van der Waals surface area contributed by atoms with Crippen LogP contribution in [0, 0.1) is 0 Å². The Kier molecular flexibility index (Phi) is 8.94. The number of aromatic amines is 1. The van der Waals surface area contributed by atoms with Crippen LogP contribution in [-0.4, -0.2) is 94.9 Å². The molecule has 2 saturated heterocycles. The lowest BCUT2D eigenvalue weighted by Crippen LogP contribution is -2.50. The number of amides is 1. The van der Waals surface area contributed by atoms with Crippen LogP contribution >= 0.6 is 11.6 Å². The van der Waals surface area contributed by atoms with E-state index in [4.69, 9.17) is 26.1 Å². The minimum Gasteiger partial charge on any atom is -0.495 e. The van der Waals surface area contributed by atoms with Gasteiger partial charge in [0.05, 0.1) is 49.1 Å². The Morgan fingerprint density at radius 2 is 1.91 bits per heavy atom. The highest BCUT2D eigenvalue weighted by Gasteiger charge is 2.28. The van der Waals surface area contributed by atoms with E-state index in [9.17, 15) is 9.90 Å². The number of carbonyl (C=O) groups excluding carboxylic acids is 1. The van der Waals surface area contributed by atoms with Crippen LogP contribution in [0.15, 0.2) is 54.7 Å². The monoisotopic (exact) mass is 605 g/mol. The van der Waals surface area contributed by atoms with Crippen molar-refractivity contribution in [2.75, 3.05) is 63.7 Å². The number of piperidine rings is 1. The van der Waals surface area contributed by atoms with Crippen molar-refractivity contribution in [3.05, 3.63) is 70.9 Å². The highest BCUT2D eigenvalue weighted by atomic mass is 35.5. The number of benzene rings is 2. The number of aromatic nitrogens is 3. The van der Waals surface area contributed by atoms with Gasteiger partial charge in [-0.15, -0.1) is 0 Å². The normalized spacial score (nSPS) is 17.1. The van der Waals surface area contributed by atoms with Gasteiger partial charge in [0.15, 0.2) is 0 Å². The molecule has 2 aromatic heterocycles. The van der Waals surface area contributed by atoms with Gasteiger partial charge in [-0.2, -0.15) is 9.97 Å². The second-order valence-corrected chi connectivity index (χ2v) is 11.2. The molecule has 4 N–H and O–H groups in total. The molecule has 1 atom stereocenters. The highest BCUT2D eigenvalue weighted by molar-refractivity contribution is 6.36. The summed E-state index contributed by atoms with van der Waals surface area (Å²) in [6, 6.07) is 15.1. The Bertz CT molecular complexity index is 1550. The molecule has 0 aliphatic carbocycles. The maximum atomic E-state index is 13.4. The summed E-state index contributed by atoms with van der Waals surface area (Å²) < 4.78 is 11.2. The summed E-state index contributed by atoms with van der Waals surface area (Å²) in [6.07, 6.45) is 3.57. The molecule has 4 heterocycles. The number of methoxy groups -OCH3 is 1. The first kappa shape index (κ1) is 29.2. The van der Waals surface area contributed by atoms with Crippen LogP contribution in [0.3, 0.4) is 0 Å². The summed E-state index contributed by atoms with van der Waals surface area (Å²) in [4.78, 5) is 30.2. The van der Waals surface area contributed by atoms with E-state index in [1.807, 2.05) is 35.2 Å². The van der Waals surface area contributed by atoms with Gasteiger partial charge in [-0.05, 0) is 36.6 Å². The van der Waals surface area contributed by atoms with Crippen LogP contribution < -0.4 is 15.4 Å². The minimum absolute atomic E-state index is 0.00795. The lowest BCUT2D eigenvalue weighted by Gasteiger charge is -2.40. The van der Waals surface area contributed by atoms with Crippen molar-refractivity contribution in [3.8, 4) is 5.75 Å². The smallest absolute Gasteiger partial charge is 0.253 e. The largest absolute Gasteiger partial charge is 0.495 e. The predicted octanol–water partition coefficient (Wildman–Crippen LogP) is 4.45. The maximum Gasteiger partial charge on any atom is 0.253 e. The number of hydrogen-bond acceptors (Lipinski definition) is 9. The molecule has 2 aliphatic rings. The van der Waals surface area contributed by atoms with Crippen LogP contribution in [-0.2, 0) is 4.74 Å². The Morgan fingerprint density at radius 3 is 2.63 bits per heavy atom. The number of halogens is 1. The number of aliphatic hydroxyl groups excluding tert-OH is 1. The Hall–Kier alpha value is -3.90. The van der Waals surface area contributed by atoms with E-state index in [0.717, 1.165) is 57.8 Å². The van der Waals surface area contributed by atoms with Crippen LogP contribution in [0.25, 0.3) is 11.0 Å². The molecule has 12 heteroatoms. The van der Waals surface area contributed by atoms with Crippen LogP contribution in [0.4, 0.5) is 17.5 Å². The molecule has 0 spiro atoms. The standard InChI is InChI=1S/C31H36ClN7O4/c1-42-26-17-21(30(41)39-11-9-22(10-12-39)38-13-15-43-16-14-38)7-8-24(26)35-31-36-28-27(23(32)18-33-28)29(37-31)34-25(19-40)20-5-3-2-4-6-20/h2-8,17-18,22,25,40H,9-16,19H2,1H3,(H3,33,34,35,36,37)/t25-/m0/s1. The maximum absolute atomic E-state index is 13.4. The van der Waals surface area contributed by atoms with Crippen molar-refractivity contribution >= 4 is 46.0 Å². The summed E-state index contributed by atoms with van der Waals surface area (Å²) in [5.74, 6) is 1.24. The minimum atomic E-state index is -0.406. The number of nitrogens with zero attached hydrogens (tertiary/aromatic N) is 4. The first-order chi connectivity index (χ1) is 21.0. The van der Waals surface area contributed by atoms with Crippen molar-refractivity contribution in [3.63, 3.8) is 0 Å². The number of H-pyrrole nitrogens is 1.